The Balaban J connectivity index is 2.35. The third kappa shape index (κ3) is 1.40. The normalized spacial score (nSPS) is 22.3. The fourth-order valence-corrected chi connectivity index (χ4v) is 2.26. The van der Waals surface area contributed by atoms with Crippen LogP contribution in [0.25, 0.3) is 0 Å². The van der Waals surface area contributed by atoms with Crippen molar-refractivity contribution in [1.82, 2.24) is 0 Å². The minimum absolute atomic E-state index is 0.242. The Bertz CT molecular complexity index is 346. The van der Waals surface area contributed by atoms with E-state index in [1.165, 1.54) is 16.8 Å². The lowest BCUT2D eigenvalue weighted by atomic mass is 10.1. The van der Waals surface area contributed by atoms with E-state index in [4.69, 9.17) is 0 Å². The first-order valence-corrected chi connectivity index (χ1v) is 5.10. The molecule has 2 atom stereocenters. The van der Waals surface area contributed by atoms with Gasteiger partial charge in [0.05, 0.1) is 12.1 Å². The zero-order valence-corrected chi connectivity index (χ0v) is 8.99. The Morgan fingerprint density at radius 3 is 2.86 bits per heavy atom. The molecule has 1 heterocycles. The van der Waals surface area contributed by atoms with E-state index < -0.39 is 0 Å². The molecule has 14 heavy (non-hydrogen) atoms. The van der Waals surface area contributed by atoms with Crippen molar-refractivity contribution in [2.45, 2.75) is 32.4 Å². The number of fused-ring (bicyclic) bond motifs is 1. The molecule has 1 aromatic carbocycles. The van der Waals surface area contributed by atoms with E-state index in [1.807, 2.05) is 6.92 Å². The summed E-state index contributed by atoms with van der Waals surface area (Å²) in [6, 6.07) is 6.73. The first kappa shape index (κ1) is 9.53. The molecule has 0 saturated heterocycles. The molecule has 0 amide bonds. The van der Waals surface area contributed by atoms with E-state index in [9.17, 15) is 5.11 Å². The summed E-state index contributed by atoms with van der Waals surface area (Å²) in [5.74, 6) is 0. The van der Waals surface area contributed by atoms with Gasteiger partial charge in [0.2, 0.25) is 0 Å². The lowest BCUT2D eigenvalue weighted by Crippen LogP contribution is -2.37. The first-order chi connectivity index (χ1) is 6.59. The van der Waals surface area contributed by atoms with Crippen LogP contribution in [0.1, 0.15) is 18.1 Å². The third-order valence-corrected chi connectivity index (χ3v) is 3.10. The lowest BCUT2D eigenvalue weighted by Gasteiger charge is -2.24. The highest BCUT2D eigenvalue weighted by Crippen LogP contribution is 2.32. The van der Waals surface area contributed by atoms with Crippen molar-refractivity contribution in [3.63, 3.8) is 0 Å². The molecular formula is C12H17NO. The minimum atomic E-state index is -0.271. The van der Waals surface area contributed by atoms with Crippen LogP contribution in [0.2, 0.25) is 0 Å². The average molecular weight is 191 g/mol. The van der Waals surface area contributed by atoms with E-state index >= 15 is 0 Å². The second kappa shape index (κ2) is 3.28. The molecule has 1 aliphatic heterocycles. The second-order valence-corrected chi connectivity index (χ2v) is 4.26. The zero-order chi connectivity index (χ0) is 10.3. The fourth-order valence-electron chi connectivity index (χ4n) is 2.26. The smallest absolute Gasteiger partial charge is 0.0718 e. The maximum absolute atomic E-state index is 9.62. The molecule has 0 spiro atoms. The molecule has 0 aromatic heterocycles. The molecule has 0 bridgehead atoms. The summed E-state index contributed by atoms with van der Waals surface area (Å²) in [7, 11) is 2.05. The maximum Gasteiger partial charge on any atom is 0.0718 e. The molecule has 2 rings (SSSR count). The van der Waals surface area contributed by atoms with Crippen molar-refractivity contribution >= 4 is 5.69 Å². The number of hydrogen-bond acceptors (Lipinski definition) is 2. The number of nitrogens with zero attached hydrogens (tertiary/aromatic N) is 1. The molecule has 1 aromatic rings. The maximum atomic E-state index is 9.62. The van der Waals surface area contributed by atoms with Crippen molar-refractivity contribution in [3.8, 4) is 0 Å². The van der Waals surface area contributed by atoms with E-state index in [2.05, 4.69) is 37.1 Å². The molecule has 2 heteroatoms. The molecule has 0 aliphatic carbocycles. The zero-order valence-electron chi connectivity index (χ0n) is 8.99. The first-order valence-electron chi connectivity index (χ1n) is 5.10. The Morgan fingerprint density at radius 2 is 2.21 bits per heavy atom. The van der Waals surface area contributed by atoms with E-state index in [0.29, 0.717) is 0 Å². The van der Waals surface area contributed by atoms with Gasteiger partial charge in [-0.05, 0) is 31.9 Å². The van der Waals surface area contributed by atoms with Crippen LogP contribution in [-0.2, 0) is 6.42 Å². The van der Waals surface area contributed by atoms with Gasteiger partial charge >= 0.3 is 0 Å². The number of aliphatic hydroxyl groups is 1. The fraction of sp³-hybridized carbons (Fsp3) is 0.500. The molecule has 76 valence electrons. The van der Waals surface area contributed by atoms with Gasteiger partial charge in [0, 0.05) is 12.7 Å². The van der Waals surface area contributed by atoms with Gasteiger partial charge in [0.25, 0.3) is 0 Å². The highest BCUT2D eigenvalue weighted by molar-refractivity contribution is 5.60. The molecule has 0 saturated carbocycles. The summed E-state index contributed by atoms with van der Waals surface area (Å²) < 4.78 is 0. The van der Waals surface area contributed by atoms with Crippen LogP contribution in [0.3, 0.4) is 0 Å². The van der Waals surface area contributed by atoms with Crippen LogP contribution in [-0.4, -0.2) is 24.3 Å². The summed E-state index contributed by atoms with van der Waals surface area (Å²) in [5, 5.41) is 9.62. The van der Waals surface area contributed by atoms with Gasteiger partial charge < -0.3 is 10.0 Å². The Morgan fingerprint density at radius 1 is 1.50 bits per heavy atom. The molecule has 1 N–H and O–H groups in total. The number of anilines is 1. The van der Waals surface area contributed by atoms with E-state index in [0.717, 1.165) is 6.42 Å². The molecule has 1 aliphatic rings. The SMILES string of the molecule is Cc1ccc2c(c1)CC(C(C)O)N2C. The number of benzene rings is 1. The highest BCUT2D eigenvalue weighted by atomic mass is 16.3. The van der Waals surface area contributed by atoms with Gasteiger partial charge in [0.1, 0.15) is 0 Å². The quantitative estimate of drug-likeness (QED) is 0.731. The number of aryl methyl sites for hydroxylation is 1. The molecule has 2 unspecified atom stereocenters. The largest absolute Gasteiger partial charge is 0.391 e. The Kier molecular flexibility index (Phi) is 2.23. The predicted octanol–water partition coefficient (Wildman–Crippen LogP) is 1.74. The second-order valence-electron chi connectivity index (χ2n) is 4.26. The summed E-state index contributed by atoms with van der Waals surface area (Å²) in [6.45, 7) is 3.97. The number of hydrogen-bond donors (Lipinski definition) is 1. The number of aliphatic hydroxyl groups excluding tert-OH is 1. The van der Waals surface area contributed by atoms with Crippen LogP contribution >= 0.6 is 0 Å². The van der Waals surface area contributed by atoms with Crippen LogP contribution in [0, 0.1) is 6.92 Å². The van der Waals surface area contributed by atoms with Gasteiger partial charge in [-0.15, -0.1) is 0 Å². The summed E-state index contributed by atoms with van der Waals surface area (Å²) in [4.78, 5) is 2.18. The van der Waals surface area contributed by atoms with Crippen molar-refractivity contribution < 1.29 is 5.11 Å². The molecule has 0 radical (unpaired) electrons. The van der Waals surface area contributed by atoms with Gasteiger partial charge in [-0.3, -0.25) is 0 Å². The standard InChI is InChI=1S/C12H17NO/c1-8-4-5-11-10(6-8)7-12(9(2)14)13(11)3/h4-6,9,12,14H,7H2,1-3H3. The monoisotopic (exact) mass is 191 g/mol. The molecule has 2 nitrogen and oxygen atoms in total. The van der Waals surface area contributed by atoms with Gasteiger partial charge in [-0.25, -0.2) is 0 Å². The van der Waals surface area contributed by atoms with Crippen LogP contribution in [0.5, 0.6) is 0 Å². The van der Waals surface area contributed by atoms with Crippen molar-refractivity contribution in [2.24, 2.45) is 0 Å². The van der Waals surface area contributed by atoms with Crippen LogP contribution in [0.15, 0.2) is 18.2 Å². The van der Waals surface area contributed by atoms with Crippen molar-refractivity contribution in [1.29, 1.82) is 0 Å². The van der Waals surface area contributed by atoms with Gasteiger partial charge in [0.15, 0.2) is 0 Å². The minimum Gasteiger partial charge on any atom is -0.391 e. The number of rotatable bonds is 1. The summed E-state index contributed by atoms with van der Waals surface area (Å²) in [6.07, 6.45) is 0.693. The summed E-state index contributed by atoms with van der Waals surface area (Å²) in [5.41, 5.74) is 3.92. The van der Waals surface area contributed by atoms with E-state index in [1.54, 1.807) is 0 Å². The average Bonchev–Trinajstić information content (AvgIpc) is 2.43. The van der Waals surface area contributed by atoms with Gasteiger partial charge in [-0.2, -0.15) is 0 Å². The van der Waals surface area contributed by atoms with Gasteiger partial charge in [-0.1, -0.05) is 17.7 Å². The third-order valence-electron chi connectivity index (χ3n) is 3.10. The van der Waals surface area contributed by atoms with E-state index in [-0.39, 0.29) is 12.1 Å². The van der Waals surface area contributed by atoms with Crippen molar-refractivity contribution in [3.05, 3.63) is 29.3 Å². The Labute approximate surface area is 85.2 Å². The van der Waals surface area contributed by atoms with Crippen LogP contribution < -0.4 is 4.90 Å². The number of likely N-dealkylation sites (N-methyl/N-ethyl adjacent to an activating group) is 1. The predicted molar refractivity (Wildman–Crippen MR) is 58.8 cm³/mol. The highest BCUT2D eigenvalue weighted by Gasteiger charge is 2.29. The summed E-state index contributed by atoms with van der Waals surface area (Å²) >= 11 is 0. The lowest BCUT2D eigenvalue weighted by molar-refractivity contribution is 0.164. The Hall–Kier alpha value is -1.02. The topological polar surface area (TPSA) is 23.5 Å². The van der Waals surface area contributed by atoms with Crippen molar-refractivity contribution in [2.75, 3.05) is 11.9 Å². The molecule has 0 fully saturated rings. The molecular weight excluding hydrogens is 174 g/mol. The van der Waals surface area contributed by atoms with Crippen LogP contribution in [0.4, 0.5) is 5.69 Å².